The number of hydrogen-bond acceptors (Lipinski definition) is 2. The number of nitrogens with one attached hydrogen (secondary N) is 1. The maximum Gasteiger partial charge on any atom is 0.0404 e. The molecule has 0 bridgehead atoms. The Kier molecular flexibility index (Phi) is 6.35. The normalized spacial score (nSPS) is 18.4. The monoisotopic (exact) mass is 260 g/mol. The van der Waals surface area contributed by atoms with Crippen LogP contribution in [0.25, 0.3) is 0 Å². The second kappa shape index (κ2) is 8.31. The minimum Gasteiger partial charge on any atom is -0.314 e. The summed E-state index contributed by atoms with van der Waals surface area (Å²) < 4.78 is 0. The van der Waals surface area contributed by atoms with Crippen molar-refractivity contribution in [2.75, 3.05) is 6.54 Å². The Morgan fingerprint density at radius 1 is 1.26 bits per heavy atom. The lowest BCUT2D eigenvalue weighted by Crippen LogP contribution is -2.38. The van der Waals surface area contributed by atoms with Crippen molar-refractivity contribution in [3.63, 3.8) is 0 Å². The number of pyridine rings is 1. The van der Waals surface area contributed by atoms with Crippen LogP contribution in [0.3, 0.4) is 0 Å². The number of aromatic nitrogens is 1. The lowest BCUT2D eigenvalue weighted by Gasteiger charge is -2.31. The van der Waals surface area contributed by atoms with Gasteiger partial charge in [-0.05, 0) is 56.7 Å². The fraction of sp³-hybridized carbons (Fsp3) is 0.706. The van der Waals surface area contributed by atoms with E-state index >= 15 is 0 Å². The summed E-state index contributed by atoms with van der Waals surface area (Å²) >= 11 is 0. The predicted octanol–water partition coefficient (Wildman–Crippen LogP) is 3.96. The quantitative estimate of drug-likeness (QED) is 0.802. The molecule has 106 valence electrons. The highest BCUT2D eigenvalue weighted by Crippen LogP contribution is 2.28. The van der Waals surface area contributed by atoms with Gasteiger partial charge < -0.3 is 5.32 Å². The molecule has 1 aliphatic rings. The van der Waals surface area contributed by atoms with E-state index in [4.69, 9.17) is 0 Å². The van der Waals surface area contributed by atoms with Crippen molar-refractivity contribution >= 4 is 0 Å². The minimum atomic E-state index is 0.697. The van der Waals surface area contributed by atoms with E-state index in [0.717, 1.165) is 18.9 Å². The number of hydrogen-bond donors (Lipinski definition) is 1. The molecular weight excluding hydrogens is 232 g/mol. The molecule has 1 atom stereocenters. The van der Waals surface area contributed by atoms with Gasteiger partial charge in [0.1, 0.15) is 0 Å². The van der Waals surface area contributed by atoms with Gasteiger partial charge in [-0.1, -0.05) is 32.3 Å². The van der Waals surface area contributed by atoms with E-state index in [1.807, 2.05) is 12.3 Å². The van der Waals surface area contributed by atoms with Crippen LogP contribution in [0.15, 0.2) is 24.4 Å². The highest BCUT2D eigenvalue weighted by molar-refractivity contribution is 5.04. The summed E-state index contributed by atoms with van der Waals surface area (Å²) in [5, 5.41) is 3.78. The molecule has 2 heteroatoms. The average Bonchev–Trinajstić information content (AvgIpc) is 2.49. The van der Waals surface area contributed by atoms with Crippen LogP contribution in [0.1, 0.15) is 57.6 Å². The fourth-order valence-corrected chi connectivity index (χ4v) is 3.22. The molecule has 0 aromatic carbocycles. The third-order valence-electron chi connectivity index (χ3n) is 4.31. The van der Waals surface area contributed by atoms with Gasteiger partial charge in [-0.3, -0.25) is 4.98 Å². The van der Waals surface area contributed by atoms with E-state index in [1.165, 1.54) is 50.6 Å². The summed E-state index contributed by atoms with van der Waals surface area (Å²) in [5.74, 6) is 0.893. The van der Waals surface area contributed by atoms with Crippen molar-refractivity contribution in [1.29, 1.82) is 0 Å². The Morgan fingerprint density at radius 3 is 2.79 bits per heavy atom. The average molecular weight is 260 g/mol. The van der Waals surface area contributed by atoms with Gasteiger partial charge in [-0.15, -0.1) is 0 Å². The Labute approximate surface area is 118 Å². The van der Waals surface area contributed by atoms with E-state index in [0.29, 0.717) is 6.04 Å². The van der Waals surface area contributed by atoms with E-state index in [1.54, 1.807) is 0 Å². The van der Waals surface area contributed by atoms with Crippen LogP contribution >= 0.6 is 0 Å². The van der Waals surface area contributed by atoms with Crippen molar-refractivity contribution < 1.29 is 0 Å². The van der Waals surface area contributed by atoms with Gasteiger partial charge in [0, 0.05) is 17.9 Å². The molecule has 1 heterocycles. The smallest absolute Gasteiger partial charge is 0.0404 e. The molecule has 0 amide bonds. The molecular formula is C17H28N2. The van der Waals surface area contributed by atoms with Crippen LogP contribution in [0.5, 0.6) is 0 Å². The molecule has 0 saturated heterocycles. The minimum absolute atomic E-state index is 0.697. The van der Waals surface area contributed by atoms with E-state index in [2.05, 4.69) is 29.4 Å². The van der Waals surface area contributed by atoms with Crippen molar-refractivity contribution in [3.8, 4) is 0 Å². The first-order valence-corrected chi connectivity index (χ1v) is 8.03. The molecule has 1 aliphatic carbocycles. The van der Waals surface area contributed by atoms with Crippen molar-refractivity contribution in [3.05, 3.63) is 30.1 Å². The lowest BCUT2D eigenvalue weighted by molar-refractivity contribution is 0.258. The first-order valence-electron chi connectivity index (χ1n) is 8.03. The van der Waals surface area contributed by atoms with Crippen molar-refractivity contribution in [2.24, 2.45) is 5.92 Å². The zero-order chi connectivity index (χ0) is 13.3. The molecule has 0 radical (unpaired) electrons. The number of nitrogens with zero attached hydrogens (tertiary/aromatic N) is 1. The summed E-state index contributed by atoms with van der Waals surface area (Å²) in [6.45, 7) is 3.41. The van der Waals surface area contributed by atoms with Crippen molar-refractivity contribution in [2.45, 2.75) is 64.3 Å². The molecule has 1 aromatic heterocycles. The van der Waals surface area contributed by atoms with Gasteiger partial charge in [0.15, 0.2) is 0 Å². The molecule has 0 aliphatic heterocycles. The molecule has 1 N–H and O–H groups in total. The SMILES string of the molecule is CCCNC(CCc1ccccn1)C1CCCCC1. The zero-order valence-electron chi connectivity index (χ0n) is 12.3. The molecule has 1 fully saturated rings. The first-order chi connectivity index (χ1) is 9.40. The van der Waals surface area contributed by atoms with E-state index < -0.39 is 0 Å². The number of rotatable bonds is 7. The maximum atomic E-state index is 4.45. The van der Waals surface area contributed by atoms with E-state index in [-0.39, 0.29) is 0 Å². The Hall–Kier alpha value is -0.890. The topological polar surface area (TPSA) is 24.9 Å². The summed E-state index contributed by atoms with van der Waals surface area (Å²) in [6.07, 6.45) is 12.6. The van der Waals surface area contributed by atoms with Crippen LogP contribution in [-0.2, 0) is 6.42 Å². The van der Waals surface area contributed by atoms with E-state index in [9.17, 15) is 0 Å². The second-order valence-corrected chi connectivity index (χ2v) is 5.82. The predicted molar refractivity (Wildman–Crippen MR) is 81.2 cm³/mol. The highest BCUT2D eigenvalue weighted by atomic mass is 14.9. The summed E-state index contributed by atoms with van der Waals surface area (Å²) in [7, 11) is 0. The van der Waals surface area contributed by atoms with Crippen LogP contribution in [0.4, 0.5) is 0 Å². The van der Waals surface area contributed by atoms with Gasteiger partial charge in [0.05, 0.1) is 0 Å². The Balaban J connectivity index is 1.85. The van der Waals surface area contributed by atoms with Gasteiger partial charge in [-0.2, -0.15) is 0 Å². The summed E-state index contributed by atoms with van der Waals surface area (Å²) in [5.41, 5.74) is 1.24. The Morgan fingerprint density at radius 2 is 2.11 bits per heavy atom. The van der Waals surface area contributed by atoms with Gasteiger partial charge in [0.2, 0.25) is 0 Å². The van der Waals surface area contributed by atoms with Gasteiger partial charge >= 0.3 is 0 Å². The third kappa shape index (κ3) is 4.94. The molecule has 1 aromatic rings. The lowest BCUT2D eigenvalue weighted by atomic mass is 9.82. The molecule has 2 nitrogen and oxygen atoms in total. The van der Waals surface area contributed by atoms with Crippen LogP contribution < -0.4 is 5.32 Å². The maximum absolute atomic E-state index is 4.45. The van der Waals surface area contributed by atoms with Gasteiger partial charge in [-0.25, -0.2) is 0 Å². The van der Waals surface area contributed by atoms with Crippen LogP contribution in [0.2, 0.25) is 0 Å². The fourth-order valence-electron chi connectivity index (χ4n) is 3.22. The molecule has 1 saturated carbocycles. The highest BCUT2D eigenvalue weighted by Gasteiger charge is 2.22. The summed E-state index contributed by atoms with van der Waals surface area (Å²) in [4.78, 5) is 4.45. The molecule has 19 heavy (non-hydrogen) atoms. The summed E-state index contributed by atoms with van der Waals surface area (Å²) in [6, 6.07) is 6.94. The van der Waals surface area contributed by atoms with Gasteiger partial charge in [0.25, 0.3) is 0 Å². The molecule has 0 spiro atoms. The third-order valence-corrected chi connectivity index (χ3v) is 4.31. The van der Waals surface area contributed by atoms with Crippen LogP contribution in [-0.4, -0.2) is 17.6 Å². The molecule has 1 unspecified atom stereocenters. The van der Waals surface area contributed by atoms with Crippen molar-refractivity contribution in [1.82, 2.24) is 10.3 Å². The second-order valence-electron chi connectivity index (χ2n) is 5.82. The first kappa shape index (κ1) is 14.5. The number of aryl methyl sites for hydroxylation is 1. The Bertz CT molecular complexity index is 330. The molecule has 2 rings (SSSR count). The largest absolute Gasteiger partial charge is 0.314 e. The zero-order valence-corrected chi connectivity index (χ0v) is 12.3. The standard InChI is InChI=1S/C17H28N2/c1-2-13-19-17(15-8-4-3-5-9-15)12-11-16-10-6-7-14-18-16/h6-7,10,14-15,17,19H,2-5,8-9,11-13H2,1H3. The van der Waals surface area contributed by atoms with Crippen LogP contribution in [0, 0.1) is 5.92 Å².